The number of benzene rings is 2. The van der Waals surface area contributed by atoms with Crippen molar-refractivity contribution in [1.29, 1.82) is 0 Å². The molecule has 1 amide bonds. The molecule has 0 saturated heterocycles. The topological polar surface area (TPSA) is 92.8 Å². The summed E-state index contributed by atoms with van der Waals surface area (Å²) in [5, 5.41) is 2.80. The van der Waals surface area contributed by atoms with Gasteiger partial charge in [-0.1, -0.05) is 13.3 Å². The van der Waals surface area contributed by atoms with Crippen molar-refractivity contribution in [2.24, 2.45) is 0 Å². The van der Waals surface area contributed by atoms with Gasteiger partial charge in [0.15, 0.2) is 0 Å². The van der Waals surface area contributed by atoms with E-state index in [2.05, 4.69) is 5.32 Å². The van der Waals surface area contributed by atoms with Crippen molar-refractivity contribution in [3.05, 3.63) is 59.2 Å². The first-order valence-corrected chi connectivity index (χ1v) is 11.8. The smallest absolute Gasteiger partial charge is 0.338 e. The minimum atomic E-state index is -3.37. The fourth-order valence-corrected chi connectivity index (χ4v) is 4.80. The predicted molar refractivity (Wildman–Crippen MR) is 117 cm³/mol. The molecule has 1 N–H and O–H groups in total. The average molecular weight is 431 g/mol. The quantitative estimate of drug-likeness (QED) is 0.535. The van der Waals surface area contributed by atoms with Crippen LogP contribution < -0.4 is 9.62 Å². The van der Waals surface area contributed by atoms with E-state index in [1.54, 1.807) is 42.5 Å². The number of sulfonamides is 1. The van der Waals surface area contributed by atoms with Gasteiger partial charge in [0.2, 0.25) is 10.0 Å². The molecule has 1 heterocycles. The molecule has 1 aliphatic heterocycles. The van der Waals surface area contributed by atoms with Gasteiger partial charge >= 0.3 is 5.97 Å². The van der Waals surface area contributed by atoms with Gasteiger partial charge in [-0.15, -0.1) is 0 Å². The first-order chi connectivity index (χ1) is 14.2. The number of hydrogen-bond donors (Lipinski definition) is 1. The van der Waals surface area contributed by atoms with Crippen LogP contribution in [0.15, 0.2) is 42.5 Å². The van der Waals surface area contributed by atoms with E-state index in [-0.39, 0.29) is 17.9 Å². The molecule has 1 aliphatic rings. The van der Waals surface area contributed by atoms with Crippen LogP contribution in [0.2, 0.25) is 0 Å². The molecule has 30 heavy (non-hydrogen) atoms. The maximum absolute atomic E-state index is 12.6. The van der Waals surface area contributed by atoms with Gasteiger partial charge in [0.25, 0.3) is 5.91 Å². The Balaban J connectivity index is 1.69. The Kier molecular flexibility index (Phi) is 6.45. The van der Waals surface area contributed by atoms with Gasteiger partial charge < -0.3 is 10.1 Å². The van der Waals surface area contributed by atoms with E-state index in [1.165, 1.54) is 10.6 Å². The van der Waals surface area contributed by atoms with Gasteiger partial charge in [0, 0.05) is 17.3 Å². The van der Waals surface area contributed by atoms with Crippen LogP contribution in [-0.4, -0.2) is 39.2 Å². The molecule has 8 heteroatoms. The largest absolute Gasteiger partial charge is 0.462 e. The molecule has 0 bridgehead atoms. The second kappa shape index (κ2) is 8.87. The number of ether oxygens (including phenoxy) is 1. The van der Waals surface area contributed by atoms with Crippen LogP contribution in [0.5, 0.6) is 0 Å². The van der Waals surface area contributed by atoms with Crippen molar-refractivity contribution >= 4 is 33.3 Å². The van der Waals surface area contributed by atoms with E-state index in [1.807, 2.05) is 13.8 Å². The van der Waals surface area contributed by atoms with Gasteiger partial charge in [0.05, 0.1) is 24.1 Å². The number of anilines is 2. The van der Waals surface area contributed by atoms with Gasteiger partial charge in [-0.05, 0) is 67.8 Å². The minimum Gasteiger partial charge on any atom is -0.462 e. The first-order valence-electron chi connectivity index (χ1n) is 9.91. The SMILES string of the molecule is CCCCOC(=O)c1ccc(NC(=O)c2ccc3c(c2)C[C@@H](C)N3S(C)(=O)=O)cc1. The highest BCUT2D eigenvalue weighted by Crippen LogP contribution is 2.34. The number of fused-ring (bicyclic) bond motifs is 1. The van der Waals surface area contributed by atoms with Crippen LogP contribution in [0.4, 0.5) is 11.4 Å². The lowest BCUT2D eigenvalue weighted by Gasteiger charge is -2.21. The van der Waals surface area contributed by atoms with Crippen molar-refractivity contribution in [3.8, 4) is 0 Å². The molecule has 2 aromatic rings. The Labute approximate surface area is 177 Å². The Hall–Kier alpha value is -2.87. The Morgan fingerprint density at radius 3 is 2.43 bits per heavy atom. The molecule has 3 rings (SSSR count). The summed E-state index contributed by atoms with van der Waals surface area (Å²) in [6.07, 6.45) is 3.51. The summed E-state index contributed by atoms with van der Waals surface area (Å²) in [6.45, 7) is 4.26. The fourth-order valence-electron chi connectivity index (χ4n) is 3.53. The molecule has 1 atom stereocenters. The molecule has 0 spiro atoms. The van der Waals surface area contributed by atoms with Crippen LogP contribution in [0.1, 0.15) is 53.0 Å². The van der Waals surface area contributed by atoms with E-state index in [0.717, 1.165) is 18.4 Å². The lowest BCUT2D eigenvalue weighted by Crippen LogP contribution is -2.34. The maximum Gasteiger partial charge on any atom is 0.338 e. The molecular weight excluding hydrogens is 404 g/mol. The van der Waals surface area contributed by atoms with Crippen molar-refractivity contribution in [2.75, 3.05) is 22.5 Å². The van der Waals surface area contributed by atoms with Gasteiger partial charge in [0.1, 0.15) is 0 Å². The molecule has 0 fully saturated rings. The van der Waals surface area contributed by atoms with Crippen LogP contribution in [-0.2, 0) is 21.2 Å². The summed E-state index contributed by atoms with van der Waals surface area (Å²) in [6, 6.07) is 11.3. The van der Waals surface area contributed by atoms with Crippen LogP contribution >= 0.6 is 0 Å². The molecule has 0 unspecified atom stereocenters. The predicted octanol–water partition coefficient (Wildman–Crippen LogP) is 3.61. The Morgan fingerprint density at radius 1 is 1.13 bits per heavy atom. The van der Waals surface area contributed by atoms with Crippen LogP contribution in [0.3, 0.4) is 0 Å². The van der Waals surface area contributed by atoms with E-state index in [4.69, 9.17) is 4.74 Å². The lowest BCUT2D eigenvalue weighted by molar-refractivity contribution is 0.0499. The highest BCUT2D eigenvalue weighted by Gasteiger charge is 2.32. The number of nitrogens with one attached hydrogen (secondary N) is 1. The third-order valence-corrected chi connectivity index (χ3v) is 6.23. The van der Waals surface area contributed by atoms with Crippen LogP contribution in [0.25, 0.3) is 0 Å². The maximum atomic E-state index is 12.6. The summed E-state index contributed by atoms with van der Waals surface area (Å²) >= 11 is 0. The zero-order valence-corrected chi connectivity index (χ0v) is 18.2. The van der Waals surface area contributed by atoms with E-state index in [9.17, 15) is 18.0 Å². The number of hydrogen-bond acceptors (Lipinski definition) is 5. The second-order valence-electron chi connectivity index (χ2n) is 7.48. The van der Waals surface area contributed by atoms with Gasteiger partial charge in [-0.25, -0.2) is 13.2 Å². The lowest BCUT2D eigenvalue weighted by atomic mass is 10.1. The number of carbonyl (C=O) groups excluding carboxylic acids is 2. The van der Waals surface area contributed by atoms with Crippen molar-refractivity contribution in [2.45, 2.75) is 39.2 Å². The zero-order chi connectivity index (χ0) is 21.9. The summed E-state index contributed by atoms with van der Waals surface area (Å²) in [5.41, 5.74) is 2.87. The zero-order valence-electron chi connectivity index (χ0n) is 17.3. The second-order valence-corrected chi connectivity index (χ2v) is 9.34. The van der Waals surface area contributed by atoms with Crippen molar-refractivity contribution < 1.29 is 22.7 Å². The summed E-state index contributed by atoms with van der Waals surface area (Å²) in [7, 11) is -3.37. The number of esters is 1. The van der Waals surface area contributed by atoms with E-state index in [0.29, 0.717) is 35.5 Å². The fraction of sp³-hybridized carbons (Fsp3) is 0.364. The standard InChI is InChI=1S/C22H26N2O5S/c1-4-5-12-29-22(26)16-6-9-19(10-7-16)23-21(25)17-8-11-20-18(14-17)13-15(2)24(20)30(3,27)28/h6-11,14-15H,4-5,12-13H2,1-3H3,(H,23,25)/t15-/m1/s1. The third kappa shape index (κ3) is 4.81. The summed E-state index contributed by atoms with van der Waals surface area (Å²) in [4.78, 5) is 24.6. The normalized spacial score (nSPS) is 15.6. The van der Waals surface area contributed by atoms with Gasteiger partial charge in [-0.3, -0.25) is 9.10 Å². The number of rotatable bonds is 7. The molecule has 0 radical (unpaired) electrons. The van der Waals surface area contributed by atoms with E-state index >= 15 is 0 Å². The molecular formula is C22H26N2O5S. The minimum absolute atomic E-state index is 0.182. The monoisotopic (exact) mass is 430 g/mol. The molecule has 0 aliphatic carbocycles. The number of unbranched alkanes of at least 4 members (excludes halogenated alkanes) is 1. The molecule has 0 saturated carbocycles. The first kappa shape index (κ1) is 21.8. The molecule has 7 nitrogen and oxygen atoms in total. The number of carbonyl (C=O) groups is 2. The molecule has 160 valence electrons. The highest BCUT2D eigenvalue weighted by molar-refractivity contribution is 7.92. The Bertz CT molecular complexity index is 1050. The van der Waals surface area contributed by atoms with E-state index < -0.39 is 10.0 Å². The number of nitrogens with zero attached hydrogens (tertiary/aromatic N) is 1. The van der Waals surface area contributed by atoms with Crippen molar-refractivity contribution in [3.63, 3.8) is 0 Å². The van der Waals surface area contributed by atoms with Crippen molar-refractivity contribution in [1.82, 2.24) is 0 Å². The summed E-state index contributed by atoms with van der Waals surface area (Å²) in [5.74, 6) is -0.689. The highest BCUT2D eigenvalue weighted by atomic mass is 32.2. The molecule has 2 aromatic carbocycles. The summed E-state index contributed by atoms with van der Waals surface area (Å²) < 4.78 is 30.6. The Morgan fingerprint density at radius 2 is 1.80 bits per heavy atom. The molecule has 0 aromatic heterocycles. The third-order valence-electron chi connectivity index (χ3n) is 4.96. The van der Waals surface area contributed by atoms with Crippen LogP contribution in [0, 0.1) is 0 Å². The number of amides is 1. The van der Waals surface area contributed by atoms with Gasteiger partial charge in [-0.2, -0.15) is 0 Å². The average Bonchev–Trinajstić information content (AvgIpc) is 3.03.